The Morgan fingerprint density at radius 3 is 2.48 bits per heavy atom. The van der Waals surface area contributed by atoms with E-state index in [0.29, 0.717) is 23.1 Å². The lowest BCUT2D eigenvalue weighted by Gasteiger charge is -2.62. The minimum Gasteiger partial charge on any atom is -0.370 e. The molecule has 6 nitrogen and oxygen atoms in total. The van der Waals surface area contributed by atoms with Crippen LogP contribution in [0.1, 0.15) is 20.8 Å². The molecule has 0 aliphatic carbocycles. The molecular weight excluding hydrogens is 398 g/mol. The third kappa shape index (κ3) is 3.76. The van der Waals surface area contributed by atoms with Crippen LogP contribution in [0.25, 0.3) is 5.69 Å². The maximum absolute atomic E-state index is 13.5. The summed E-state index contributed by atoms with van der Waals surface area (Å²) in [6, 6.07) is 10.6. The van der Waals surface area contributed by atoms with Gasteiger partial charge in [0.25, 0.3) is 0 Å². The summed E-state index contributed by atoms with van der Waals surface area (Å²) < 4.78 is 28.1. The standard InChI is InChI=1S/C23H26F2N6.H2/c1-15(2)29-10-23(11-29)12-30(13-23)19-7-16(3)6-17(8-19)27-22-26-14-31(28-22)18-4-5-20(24)21(25)9-18;/h4-9,14-15H,10-13H2,1-3H3,(H,27,28);1H. The third-order valence-electron chi connectivity index (χ3n) is 6.20. The second kappa shape index (κ2) is 7.30. The fourth-order valence-corrected chi connectivity index (χ4v) is 4.55. The van der Waals surface area contributed by atoms with Crippen LogP contribution in [0, 0.1) is 24.0 Å². The number of benzene rings is 2. The van der Waals surface area contributed by atoms with Gasteiger partial charge in [-0.3, -0.25) is 4.90 Å². The van der Waals surface area contributed by atoms with Gasteiger partial charge in [0.05, 0.1) is 5.69 Å². The molecule has 0 radical (unpaired) electrons. The lowest BCUT2D eigenvalue weighted by atomic mass is 9.72. The van der Waals surface area contributed by atoms with Gasteiger partial charge in [-0.1, -0.05) is 0 Å². The van der Waals surface area contributed by atoms with Crippen LogP contribution in [0.4, 0.5) is 26.1 Å². The highest BCUT2D eigenvalue weighted by Crippen LogP contribution is 2.43. The molecule has 0 amide bonds. The molecule has 0 saturated carbocycles. The van der Waals surface area contributed by atoms with Gasteiger partial charge in [0.1, 0.15) is 6.33 Å². The third-order valence-corrected chi connectivity index (χ3v) is 6.20. The number of hydrogen-bond donors (Lipinski definition) is 1. The highest BCUT2D eigenvalue weighted by molar-refractivity contribution is 5.65. The van der Waals surface area contributed by atoms with E-state index >= 15 is 0 Å². The van der Waals surface area contributed by atoms with Crippen molar-refractivity contribution >= 4 is 17.3 Å². The normalized spacial score (nSPS) is 17.7. The number of rotatable bonds is 5. The largest absolute Gasteiger partial charge is 0.370 e. The molecule has 3 heterocycles. The molecule has 31 heavy (non-hydrogen) atoms. The van der Waals surface area contributed by atoms with Crippen LogP contribution in [-0.2, 0) is 0 Å². The zero-order chi connectivity index (χ0) is 21.8. The van der Waals surface area contributed by atoms with Crippen LogP contribution < -0.4 is 10.2 Å². The molecule has 5 rings (SSSR count). The van der Waals surface area contributed by atoms with E-state index in [1.54, 1.807) is 0 Å². The van der Waals surface area contributed by atoms with E-state index in [9.17, 15) is 8.78 Å². The second-order valence-electron chi connectivity index (χ2n) is 9.15. The summed E-state index contributed by atoms with van der Waals surface area (Å²) in [7, 11) is 0. The van der Waals surface area contributed by atoms with Crippen molar-refractivity contribution in [1.82, 2.24) is 19.7 Å². The maximum atomic E-state index is 13.5. The number of anilines is 3. The van der Waals surface area contributed by atoms with E-state index in [0.717, 1.165) is 36.5 Å². The van der Waals surface area contributed by atoms with Crippen molar-refractivity contribution in [3.8, 4) is 5.69 Å². The fraction of sp³-hybridized carbons (Fsp3) is 0.391. The van der Waals surface area contributed by atoms with Gasteiger partial charge >= 0.3 is 0 Å². The Kier molecular flexibility index (Phi) is 4.69. The highest BCUT2D eigenvalue weighted by atomic mass is 19.2. The summed E-state index contributed by atoms with van der Waals surface area (Å²) in [5.74, 6) is -1.41. The van der Waals surface area contributed by atoms with E-state index in [-0.39, 0.29) is 1.43 Å². The molecule has 0 bridgehead atoms. The van der Waals surface area contributed by atoms with E-state index in [1.807, 2.05) is 6.07 Å². The van der Waals surface area contributed by atoms with Gasteiger partial charge in [-0.2, -0.15) is 4.98 Å². The first-order valence-corrected chi connectivity index (χ1v) is 10.6. The molecule has 1 spiro atoms. The zero-order valence-corrected chi connectivity index (χ0v) is 17.9. The smallest absolute Gasteiger partial charge is 0.246 e. The van der Waals surface area contributed by atoms with Crippen LogP contribution in [0.3, 0.4) is 0 Å². The minimum atomic E-state index is -0.916. The number of hydrogen-bond acceptors (Lipinski definition) is 5. The topological polar surface area (TPSA) is 49.2 Å². The van der Waals surface area contributed by atoms with E-state index < -0.39 is 11.6 Å². The Hall–Kier alpha value is -3.00. The van der Waals surface area contributed by atoms with Crippen LogP contribution in [0.2, 0.25) is 0 Å². The molecule has 3 aromatic rings. The first kappa shape index (κ1) is 19.9. The lowest BCUT2D eigenvalue weighted by molar-refractivity contribution is -0.0411. The van der Waals surface area contributed by atoms with Crippen molar-refractivity contribution in [3.05, 3.63) is 59.9 Å². The Balaban J connectivity index is 0.00000245. The molecule has 2 saturated heterocycles. The predicted octanol–water partition coefficient (Wildman–Crippen LogP) is 4.37. The first-order chi connectivity index (χ1) is 14.8. The first-order valence-electron chi connectivity index (χ1n) is 10.6. The summed E-state index contributed by atoms with van der Waals surface area (Å²) in [6.07, 6.45) is 1.47. The molecule has 2 fully saturated rings. The van der Waals surface area contributed by atoms with Crippen LogP contribution in [0.5, 0.6) is 0 Å². The Morgan fingerprint density at radius 1 is 1.00 bits per heavy atom. The van der Waals surface area contributed by atoms with Crippen LogP contribution >= 0.6 is 0 Å². The van der Waals surface area contributed by atoms with Crippen molar-refractivity contribution in [1.29, 1.82) is 0 Å². The van der Waals surface area contributed by atoms with Crippen molar-refractivity contribution in [3.63, 3.8) is 0 Å². The molecule has 1 N–H and O–H groups in total. The SMILES string of the molecule is Cc1cc(Nc2ncn(-c3ccc(F)c(F)c3)n2)cc(N2CC3(C2)CN(C(C)C)C3)c1.[HH]. The average molecular weight is 427 g/mol. The van der Waals surface area contributed by atoms with Gasteiger partial charge in [-0.05, 0) is 56.7 Å². The van der Waals surface area contributed by atoms with E-state index in [4.69, 9.17) is 0 Å². The lowest BCUT2D eigenvalue weighted by Crippen LogP contribution is -2.73. The summed E-state index contributed by atoms with van der Waals surface area (Å²) in [5, 5.41) is 7.57. The molecule has 164 valence electrons. The summed E-state index contributed by atoms with van der Waals surface area (Å²) >= 11 is 0. The monoisotopic (exact) mass is 426 g/mol. The number of likely N-dealkylation sites (tertiary alicyclic amines) is 1. The number of halogens is 2. The summed E-state index contributed by atoms with van der Waals surface area (Å²) in [6.45, 7) is 11.1. The molecule has 0 unspecified atom stereocenters. The zero-order valence-electron chi connectivity index (χ0n) is 17.9. The quantitative estimate of drug-likeness (QED) is 0.656. The minimum absolute atomic E-state index is 0. The molecule has 2 aromatic carbocycles. The molecule has 2 aliphatic heterocycles. The van der Waals surface area contributed by atoms with Gasteiger partial charge in [0.2, 0.25) is 5.95 Å². The average Bonchev–Trinajstić information content (AvgIpc) is 3.09. The van der Waals surface area contributed by atoms with Gasteiger partial charge in [-0.25, -0.2) is 13.5 Å². The number of aryl methyl sites for hydroxylation is 1. The Bertz CT molecular complexity index is 1120. The van der Waals surface area contributed by atoms with Gasteiger partial charge in [-0.15, -0.1) is 5.10 Å². The van der Waals surface area contributed by atoms with Crippen LogP contribution in [0.15, 0.2) is 42.7 Å². The van der Waals surface area contributed by atoms with Crippen molar-refractivity contribution < 1.29 is 10.2 Å². The molecule has 1 aromatic heterocycles. The number of nitrogens with zero attached hydrogens (tertiary/aromatic N) is 5. The van der Waals surface area contributed by atoms with Crippen LogP contribution in [-0.4, -0.2) is 51.9 Å². The fourth-order valence-electron chi connectivity index (χ4n) is 4.55. The predicted molar refractivity (Wildman–Crippen MR) is 119 cm³/mol. The van der Waals surface area contributed by atoms with Gasteiger partial charge in [0.15, 0.2) is 11.6 Å². The van der Waals surface area contributed by atoms with Crippen molar-refractivity contribution in [2.24, 2.45) is 5.41 Å². The highest BCUT2D eigenvalue weighted by Gasteiger charge is 2.52. The van der Waals surface area contributed by atoms with Gasteiger partial charge in [0, 0.05) is 56.5 Å². The molecule has 2 aliphatic rings. The second-order valence-corrected chi connectivity index (χ2v) is 9.15. The van der Waals surface area contributed by atoms with Crippen molar-refractivity contribution in [2.75, 3.05) is 36.4 Å². The van der Waals surface area contributed by atoms with E-state index in [1.165, 1.54) is 35.9 Å². The Morgan fingerprint density at radius 2 is 1.77 bits per heavy atom. The molecule has 0 atom stereocenters. The van der Waals surface area contributed by atoms with Crippen molar-refractivity contribution in [2.45, 2.75) is 26.8 Å². The summed E-state index contributed by atoms with van der Waals surface area (Å²) in [5.41, 5.74) is 4.10. The number of nitrogens with one attached hydrogen (secondary N) is 1. The maximum Gasteiger partial charge on any atom is 0.246 e. The molecule has 8 heteroatoms. The Labute approximate surface area is 182 Å². The molecular formula is C23H28F2N6. The van der Waals surface area contributed by atoms with E-state index in [2.05, 4.69) is 58.1 Å². The summed E-state index contributed by atoms with van der Waals surface area (Å²) in [4.78, 5) is 9.20. The van der Waals surface area contributed by atoms with Gasteiger partial charge < -0.3 is 10.2 Å². The number of aromatic nitrogens is 3.